The van der Waals surface area contributed by atoms with Gasteiger partial charge in [0.15, 0.2) is 0 Å². The maximum absolute atomic E-state index is 11.7. The molecule has 0 aromatic carbocycles. The third-order valence-electron chi connectivity index (χ3n) is 2.81. The minimum atomic E-state index is -0.0559. The summed E-state index contributed by atoms with van der Waals surface area (Å²) in [6.07, 6.45) is 7.72. The molecule has 0 radical (unpaired) electrons. The molecule has 2 aromatic rings. The van der Waals surface area contributed by atoms with E-state index in [1.165, 1.54) is 0 Å². The number of carbonyl (C=O) groups excluding carboxylic acids is 1. The third-order valence-corrected chi connectivity index (χ3v) is 2.81. The van der Waals surface area contributed by atoms with Crippen molar-refractivity contribution < 1.29 is 4.79 Å². The average Bonchev–Trinajstić information content (AvgIpc) is 2.52. The highest BCUT2D eigenvalue weighted by atomic mass is 16.1. The Labute approximate surface area is 118 Å². The van der Waals surface area contributed by atoms with Gasteiger partial charge in [0, 0.05) is 43.4 Å². The molecule has 0 saturated heterocycles. The molecule has 0 aliphatic carbocycles. The van der Waals surface area contributed by atoms with Crippen molar-refractivity contribution in [1.82, 2.24) is 20.6 Å². The molecular weight excluding hydrogens is 252 g/mol. The van der Waals surface area contributed by atoms with Crippen molar-refractivity contribution in [2.75, 3.05) is 13.1 Å². The summed E-state index contributed by atoms with van der Waals surface area (Å²) in [7, 11) is 0. The maximum atomic E-state index is 11.7. The zero-order chi connectivity index (χ0) is 14.0. The highest BCUT2D eigenvalue weighted by Gasteiger charge is 2.02. The lowest BCUT2D eigenvalue weighted by atomic mass is 10.2. The Morgan fingerprint density at radius 1 is 1.05 bits per heavy atom. The first-order chi connectivity index (χ1) is 9.86. The van der Waals surface area contributed by atoms with Crippen LogP contribution in [-0.4, -0.2) is 29.0 Å². The summed E-state index contributed by atoms with van der Waals surface area (Å²) in [4.78, 5) is 19.7. The molecule has 2 heterocycles. The normalized spacial score (nSPS) is 10.2. The van der Waals surface area contributed by atoms with Gasteiger partial charge in [-0.25, -0.2) is 0 Å². The molecule has 0 aliphatic rings. The Morgan fingerprint density at radius 3 is 2.65 bits per heavy atom. The Hall–Kier alpha value is -2.27. The van der Waals surface area contributed by atoms with Crippen LogP contribution in [0, 0.1) is 0 Å². The smallest absolute Gasteiger partial charge is 0.251 e. The monoisotopic (exact) mass is 270 g/mol. The lowest BCUT2D eigenvalue weighted by Gasteiger charge is -2.06. The fourth-order valence-electron chi connectivity index (χ4n) is 1.76. The molecular formula is C15H18N4O. The van der Waals surface area contributed by atoms with Crippen LogP contribution in [0.1, 0.15) is 22.3 Å². The van der Waals surface area contributed by atoms with E-state index < -0.39 is 0 Å². The molecule has 0 unspecified atom stereocenters. The highest BCUT2D eigenvalue weighted by molar-refractivity contribution is 5.93. The van der Waals surface area contributed by atoms with Crippen molar-refractivity contribution in [3.63, 3.8) is 0 Å². The van der Waals surface area contributed by atoms with Gasteiger partial charge in [-0.15, -0.1) is 0 Å². The molecule has 2 aromatic heterocycles. The molecule has 2 rings (SSSR count). The van der Waals surface area contributed by atoms with Crippen LogP contribution in [0.2, 0.25) is 0 Å². The van der Waals surface area contributed by atoms with E-state index >= 15 is 0 Å². The van der Waals surface area contributed by atoms with Crippen LogP contribution in [0.25, 0.3) is 0 Å². The lowest BCUT2D eigenvalue weighted by molar-refractivity contribution is 0.0953. The van der Waals surface area contributed by atoms with Crippen molar-refractivity contribution in [2.24, 2.45) is 0 Å². The van der Waals surface area contributed by atoms with Crippen LogP contribution >= 0.6 is 0 Å². The molecule has 20 heavy (non-hydrogen) atoms. The van der Waals surface area contributed by atoms with Gasteiger partial charge in [0.2, 0.25) is 0 Å². The highest BCUT2D eigenvalue weighted by Crippen LogP contribution is 1.96. The number of hydrogen-bond donors (Lipinski definition) is 2. The van der Waals surface area contributed by atoms with Crippen molar-refractivity contribution in [3.05, 3.63) is 60.2 Å². The molecule has 0 atom stereocenters. The van der Waals surface area contributed by atoms with Crippen LogP contribution in [0.15, 0.2) is 49.1 Å². The van der Waals surface area contributed by atoms with Crippen molar-refractivity contribution >= 4 is 5.91 Å². The van der Waals surface area contributed by atoms with Gasteiger partial charge in [-0.3, -0.25) is 14.8 Å². The van der Waals surface area contributed by atoms with Crippen LogP contribution in [-0.2, 0) is 6.54 Å². The second kappa shape index (κ2) is 8.01. The SMILES string of the molecule is O=C(NCCCNCc1cccnc1)c1ccncc1. The third kappa shape index (κ3) is 4.78. The fraction of sp³-hybridized carbons (Fsp3) is 0.267. The van der Waals surface area contributed by atoms with Crippen LogP contribution < -0.4 is 10.6 Å². The second-order valence-corrected chi connectivity index (χ2v) is 4.38. The summed E-state index contributed by atoms with van der Waals surface area (Å²) >= 11 is 0. The van der Waals surface area contributed by atoms with Gasteiger partial charge >= 0.3 is 0 Å². The van der Waals surface area contributed by atoms with E-state index in [4.69, 9.17) is 0 Å². The van der Waals surface area contributed by atoms with Crippen molar-refractivity contribution in [2.45, 2.75) is 13.0 Å². The van der Waals surface area contributed by atoms with Crippen molar-refractivity contribution in [3.8, 4) is 0 Å². The summed E-state index contributed by atoms with van der Waals surface area (Å²) in [5, 5.41) is 6.19. The van der Waals surface area contributed by atoms with E-state index in [0.717, 1.165) is 25.1 Å². The second-order valence-electron chi connectivity index (χ2n) is 4.38. The van der Waals surface area contributed by atoms with Crippen molar-refractivity contribution in [1.29, 1.82) is 0 Å². The Balaban J connectivity index is 1.57. The van der Waals surface area contributed by atoms with Gasteiger partial charge in [0.1, 0.15) is 0 Å². The molecule has 0 saturated carbocycles. The zero-order valence-electron chi connectivity index (χ0n) is 11.2. The number of nitrogens with zero attached hydrogens (tertiary/aromatic N) is 2. The van der Waals surface area contributed by atoms with E-state index in [1.807, 2.05) is 18.3 Å². The first-order valence-electron chi connectivity index (χ1n) is 6.64. The average molecular weight is 270 g/mol. The number of amides is 1. The summed E-state index contributed by atoms with van der Waals surface area (Å²) in [6, 6.07) is 7.36. The zero-order valence-corrected chi connectivity index (χ0v) is 11.2. The first kappa shape index (κ1) is 14.1. The number of rotatable bonds is 7. The topological polar surface area (TPSA) is 66.9 Å². The van der Waals surface area contributed by atoms with E-state index in [-0.39, 0.29) is 5.91 Å². The quantitative estimate of drug-likeness (QED) is 0.746. The Morgan fingerprint density at radius 2 is 1.90 bits per heavy atom. The van der Waals surface area contributed by atoms with E-state index in [0.29, 0.717) is 12.1 Å². The molecule has 1 amide bonds. The molecule has 2 N–H and O–H groups in total. The van der Waals surface area contributed by atoms with E-state index in [9.17, 15) is 4.79 Å². The van der Waals surface area contributed by atoms with Gasteiger partial charge in [0.05, 0.1) is 0 Å². The summed E-state index contributed by atoms with van der Waals surface area (Å²) < 4.78 is 0. The molecule has 0 aliphatic heterocycles. The summed E-state index contributed by atoms with van der Waals surface area (Å²) in [5.74, 6) is -0.0559. The molecule has 5 heteroatoms. The van der Waals surface area contributed by atoms with Gasteiger partial charge in [0.25, 0.3) is 5.91 Å². The molecule has 0 bridgehead atoms. The predicted octanol–water partition coefficient (Wildman–Crippen LogP) is 1.39. The fourth-order valence-corrected chi connectivity index (χ4v) is 1.76. The minimum Gasteiger partial charge on any atom is -0.352 e. The maximum Gasteiger partial charge on any atom is 0.251 e. The molecule has 5 nitrogen and oxygen atoms in total. The molecule has 104 valence electrons. The van der Waals surface area contributed by atoms with Crippen LogP contribution in [0.3, 0.4) is 0 Å². The van der Waals surface area contributed by atoms with E-state index in [2.05, 4.69) is 20.6 Å². The number of nitrogens with one attached hydrogen (secondary N) is 2. The standard InChI is InChI=1S/C15H18N4O/c20-15(14-4-9-16-10-5-14)19-8-2-7-18-12-13-3-1-6-17-11-13/h1,3-6,9-11,18H,2,7-8,12H2,(H,19,20). The molecule has 0 fully saturated rings. The van der Waals surface area contributed by atoms with Crippen LogP contribution in [0.5, 0.6) is 0 Å². The summed E-state index contributed by atoms with van der Waals surface area (Å²) in [6.45, 7) is 2.30. The largest absolute Gasteiger partial charge is 0.352 e. The van der Waals surface area contributed by atoms with Crippen LogP contribution in [0.4, 0.5) is 0 Å². The minimum absolute atomic E-state index is 0.0559. The number of hydrogen-bond acceptors (Lipinski definition) is 4. The number of pyridine rings is 2. The van der Waals surface area contributed by atoms with Gasteiger partial charge < -0.3 is 10.6 Å². The van der Waals surface area contributed by atoms with Gasteiger partial charge in [-0.05, 0) is 36.7 Å². The van der Waals surface area contributed by atoms with Gasteiger partial charge in [-0.1, -0.05) is 6.07 Å². The molecule has 0 spiro atoms. The van der Waals surface area contributed by atoms with E-state index in [1.54, 1.807) is 30.7 Å². The number of carbonyl (C=O) groups is 1. The van der Waals surface area contributed by atoms with Gasteiger partial charge in [-0.2, -0.15) is 0 Å². The predicted molar refractivity (Wildman–Crippen MR) is 77.1 cm³/mol. The Bertz CT molecular complexity index is 516. The first-order valence-corrected chi connectivity index (χ1v) is 6.64. The summed E-state index contributed by atoms with van der Waals surface area (Å²) in [5.41, 5.74) is 1.80. The Kier molecular flexibility index (Phi) is 5.67. The lowest BCUT2D eigenvalue weighted by Crippen LogP contribution is -2.27. The number of aromatic nitrogens is 2.